The minimum absolute atomic E-state index is 0.268. The Hall–Kier alpha value is -1.83. The average Bonchev–Trinajstić information content (AvgIpc) is 2.90. The number of nitrogens with one attached hydrogen (secondary N) is 1. The highest BCUT2D eigenvalue weighted by molar-refractivity contribution is 7.80. The molecule has 0 fully saturated rings. The van der Waals surface area contributed by atoms with E-state index in [0.717, 1.165) is 22.9 Å². The van der Waals surface area contributed by atoms with E-state index in [-0.39, 0.29) is 4.99 Å². The molecule has 5 nitrogen and oxygen atoms in total. The Bertz CT molecular complexity index is 846. The van der Waals surface area contributed by atoms with Gasteiger partial charge in [0.1, 0.15) is 21.8 Å². The molecule has 0 aliphatic rings. The number of fused-ring (bicyclic) bond motifs is 1. The van der Waals surface area contributed by atoms with Gasteiger partial charge in [-0.15, -0.1) is 0 Å². The van der Waals surface area contributed by atoms with Crippen LogP contribution in [0.2, 0.25) is 5.02 Å². The van der Waals surface area contributed by atoms with E-state index in [9.17, 15) is 0 Å². The van der Waals surface area contributed by atoms with E-state index in [1.165, 1.54) is 0 Å². The van der Waals surface area contributed by atoms with Gasteiger partial charge in [-0.25, -0.2) is 4.98 Å². The lowest BCUT2D eigenvalue weighted by Gasteiger charge is -2.12. The molecule has 2 heterocycles. The highest BCUT2D eigenvalue weighted by Gasteiger charge is 2.14. The lowest BCUT2D eigenvalue weighted by Crippen LogP contribution is -2.13. The Labute approximate surface area is 135 Å². The van der Waals surface area contributed by atoms with Crippen molar-refractivity contribution in [3.8, 4) is 0 Å². The van der Waals surface area contributed by atoms with E-state index in [2.05, 4.69) is 19.0 Å². The van der Waals surface area contributed by atoms with E-state index in [4.69, 9.17) is 29.6 Å². The molecule has 0 spiro atoms. The van der Waals surface area contributed by atoms with Crippen LogP contribution in [0, 0.1) is 6.92 Å². The van der Waals surface area contributed by atoms with Crippen LogP contribution < -0.4 is 11.1 Å². The van der Waals surface area contributed by atoms with E-state index in [1.807, 2.05) is 25.1 Å². The van der Waals surface area contributed by atoms with E-state index in [0.29, 0.717) is 27.6 Å². The Morgan fingerprint density at radius 1 is 1.29 bits per heavy atom. The second kappa shape index (κ2) is 5.51. The number of rotatable bonds is 3. The molecule has 3 aromatic rings. The van der Waals surface area contributed by atoms with Crippen LogP contribution in [0.1, 0.15) is 11.3 Å². The van der Waals surface area contributed by atoms with Gasteiger partial charge >= 0.3 is 0 Å². The van der Waals surface area contributed by atoms with Gasteiger partial charge in [-0.1, -0.05) is 23.8 Å². The lowest BCUT2D eigenvalue weighted by molar-refractivity contribution is 1.19. The molecule has 0 bridgehead atoms. The lowest BCUT2D eigenvalue weighted by atomic mass is 10.2. The quantitative estimate of drug-likeness (QED) is 0.714. The van der Waals surface area contributed by atoms with Crippen molar-refractivity contribution in [1.29, 1.82) is 0 Å². The normalized spacial score (nSPS) is 10.8. The highest BCUT2D eigenvalue weighted by atomic mass is 35.5. The molecular formula is C13H10ClN5S2. The van der Waals surface area contributed by atoms with Gasteiger partial charge in [0.2, 0.25) is 0 Å². The summed E-state index contributed by atoms with van der Waals surface area (Å²) in [6.45, 7) is 1.89. The summed E-state index contributed by atoms with van der Waals surface area (Å²) in [7, 11) is 0. The summed E-state index contributed by atoms with van der Waals surface area (Å²) >= 11 is 12.5. The Morgan fingerprint density at radius 3 is 2.86 bits per heavy atom. The number of nitrogens with two attached hydrogens (primary N) is 1. The number of nitrogens with zero attached hydrogens (tertiary/aromatic N) is 3. The number of aromatic nitrogens is 3. The maximum Gasteiger partial charge on any atom is 0.140 e. The van der Waals surface area contributed by atoms with Crippen LogP contribution in [0.25, 0.3) is 11.0 Å². The molecule has 0 unspecified atom stereocenters. The third-order valence-electron chi connectivity index (χ3n) is 2.92. The summed E-state index contributed by atoms with van der Waals surface area (Å²) in [5.74, 6) is 0.560. The molecule has 0 aliphatic heterocycles. The van der Waals surface area contributed by atoms with Crippen molar-refractivity contribution >= 4 is 63.1 Å². The van der Waals surface area contributed by atoms with Crippen molar-refractivity contribution in [2.45, 2.75) is 6.92 Å². The van der Waals surface area contributed by atoms with Crippen molar-refractivity contribution in [2.75, 3.05) is 5.32 Å². The molecule has 106 valence electrons. The maximum atomic E-state index is 6.26. The van der Waals surface area contributed by atoms with Crippen molar-refractivity contribution in [1.82, 2.24) is 13.7 Å². The third-order valence-corrected chi connectivity index (χ3v) is 4.00. The first-order valence-corrected chi connectivity index (χ1v) is 7.53. The zero-order valence-corrected chi connectivity index (χ0v) is 13.3. The van der Waals surface area contributed by atoms with Gasteiger partial charge in [0.25, 0.3) is 0 Å². The second-order valence-electron chi connectivity index (χ2n) is 4.39. The average molecular weight is 336 g/mol. The summed E-state index contributed by atoms with van der Waals surface area (Å²) < 4.78 is 8.46. The number of pyridine rings is 1. The van der Waals surface area contributed by atoms with Crippen LogP contribution in [-0.2, 0) is 0 Å². The molecule has 2 aromatic heterocycles. The standard InChI is InChI=1S/C13H10ClN5S2/c1-6-2-3-7(12(15)20)13(16-6)17-10-8(14)4-5-9-11(10)19-21-18-9/h2-5H,1H3,(H2,15,20)(H,16,17). The summed E-state index contributed by atoms with van der Waals surface area (Å²) in [6, 6.07) is 7.28. The first kappa shape index (κ1) is 14.1. The molecule has 3 N–H and O–H groups in total. The zero-order valence-electron chi connectivity index (χ0n) is 10.9. The van der Waals surface area contributed by atoms with Gasteiger partial charge in [-0.2, -0.15) is 8.75 Å². The molecule has 0 radical (unpaired) electrons. The van der Waals surface area contributed by atoms with Gasteiger partial charge < -0.3 is 11.1 Å². The monoisotopic (exact) mass is 335 g/mol. The van der Waals surface area contributed by atoms with Crippen molar-refractivity contribution in [3.05, 3.63) is 40.5 Å². The van der Waals surface area contributed by atoms with Gasteiger partial charge in [0.15, 0.2) is 0 Å². The third kappa shape index (κ3) is 2.67. The number of aryl methyl sites for hydroxylation is 1. The molecule has 1 aromatic carbocycles. The molecule has 0 amide bonds. The molecule has 0 atom stereocenters. The van der Waals surface area contributed by atoms with Crippen LogP contribution in [0.15, 0.2) is 24.3 Å². The number of hydrogen-bond donors (Lipinski definition) is 2. The van der Waals surface area contributed by atoms with Gasteiger partial charge in [-0.3, -0.25) is 0 Å². The summed E-state index contributed by atoms with van der Waals surface area (Å²) in [6.07, 6.45) is 0. The Kier molecular flexibility index (Phi) is 3.71. The van der Waals surface area contributed by atoms with Crippen LogP contribution in [0.5, 0.6) is 0 Å². The van der Waals surface area contributed by atoms with E-state index < -0.39 is 0 Å². The molecule has 0 saturated carbocycles. The fourth-order valence-corrected chi connectivity index (χ4v) is 2.82. The number of benzene rings is 1. The Morgan fingerprint density at radius 2 is 2.10 bits per heavy atom. The van der Waals surface area contributed by atoms with Crippen LogP contribution in [0.3, 0.4) is 0 Å². The first-order valence-electron chi connectivity index (χ1n) is 6.01. The molecule has 3 rings (SSSR count). The van der Waals surface area contributed by atoms with Crippen LogP contribution in [0.4, 0.5) is 11.5 Å². The molecule has 21 heavy (non-hydrogen) atoms. The van der Waals surface area contributed by atoms with Crippen LogP contribution >= 0.6 is 35.5 Å². The fourth-order valence-electron chi connectivity index (χ4n) is 1.91. The van der Waals surface area contributed by atoms with E-state index in [1.54, 1.807) is 6.07 Å². The Balaban J connectivity index is 2.14. The fraction of sp³-hybridized carbons (Fsp3) is 0.0769. The van der Waals surface area contributed by atoms with Crippen LogP contribution in [-0.4, -0.2) is 18.7 Å². The topological polar surface area (TPSA) is 76.7 Å². The molecule has 8 heteroatoms. The summed E-state index contributed by atoms with van der Waals surface area (Å²) in [5, 5.41) is 3.72. The van der Waals surface area contributed by atoms with Gasteiger partial charge in [-0.05, 0) is 31.2 Å². The minimum Gasteiger partial charge on any atom is -0.389 e. The molecule has 0 saturated heterocycles. The van der Waals surface area contributed by atoms with Gasteiger partial charge in [0, 0.05) is 5.69 Å². The number of anilines is 2. The van der Waals surface area contributed by atoms with Crippen molar-refractivity contribution < 1.29 is 0 Å². The smallest absolute Gasteiger partial charge is 0.140 e. The first-order chi connectivity index (χ1) is 10.1. The number of halogens is 1. The summed E-state index contributed by atoms with van der Waals surface area (Å²) in [5.41, 5.74) is 9.37. The molecular weight excluding hydrogens is 326 g/mol. The largest absolute Gasteiger partial charge is 0.389 e. The zero-order chi connectivity index (χ0) is 15.0. The predicted octanol–water partition coefficient (Wildman–Crippen LogP) is 3.43. The number of hydrogen-bond acceptors (Lipinski definition) is 6. The minimum atomic E-state index is 0.268. The second-order valence-corrected chi connectivity index (χ2v) is 5.77. The van der Waals surface area contributed by atoms with Gasteiger partial charge in [0.05, 0.1) is 28.0 Å². The molecule has 0 aliphatic carbocycles. The maximum absolute atomic E-state index is 6.26. The SMILES string of the molecule is Cc1ccc(C(N)=S)c(Nc2c(Cl)ccc3nsnc23)n1. The van der Waals surface area contributed by atoms with Crippen molar-refractivity contribution in [3.63, 3.8) is 0 Å². The summed E-state index contributed by atoms with van der Waals surface area (Å²) in [4.78, 5) is 4.71. The van der Waals surface area contributed by atoms with E-state index >= 15 is 0 Å². The number of thiocarbonyl (C=S) groups is 1. The van der Waals surface area contributed by atoms with Crippen molar-refractivity contribution in [2.24, 2.45) is 5.73 Å². The predicted molar refractivity (Wildman–Crippen MR) is 90.6 cm³/mol. The highest BCUT2D eigenvalue weighted by Crippen LogP contribution is 2.32.